The van der Waals surface area contributed by atoms with Gasteiger partial charge >= 0.3 is 6.09 Å². The van der Waals surface area contributed by atoms with Crippen LogP contribution in [0.5, 0.6) is 5.75 Å². The Labute approximate surface area is 97.7 Å². The Balaban J connectivity index is 2.03. The number of rotatable bonds is 3. The van der Waals surface area contributed by atoms with Gasteiger partial charge in [0.05, 0.1) is 6.33 Å². The quantitative estimate of drug-likeness (QED) is 0.846. The summed E-state index contributed by atoms with van der Waals surface area (Å²) in [5, 5.41) is 10.6. The summed E-state index contributed by atoms with van der Waals surface area (Å²) in [5.74, 6) is 0.729. The van der Waals surface area contributed by atoms with Crippen molar-refractivity contribution in [1.29, 1.82) is 0 Å². The Hall–Kier alpha value is -2.04. The summed E-state index contributed by atoms with van der Waals surface area (Å²) >= 11 is 0. The first-order valence-electron chi connectivity index (χ1n) is 5.21. The van der Waals surface area contributed by atoms with Gasteiger partial charge in [-0.15, -0.1) is 0 Å². The second-order valence-corrected chi connectivity index (χ2v) is 3.76. The molecule has 1 unspecified atom stereocenters. The first-order chi connectivity index (χ1) is 8.20. The summed E-state index contributed by atoms with van der Waals surface area (Å²) in [6, 6.07) is 7.46. The van der Waals surface area contributed by atoms with Gasteiger partial charge in [0.1, 0.15) is 11.9 Å². The highest BCUT2D eigenvalue weighted by Crippen LogP contribution is 2.30. The van der Waals surface area contributed by atoms with E-state index in [2.05, 4.69) is 5.32 Å². The number of carboxylic acid groups (broad SMARTS) is 1. The van der Waals surface area contributed by atoms with Crippen LogP contribution in [0.15, 0.2) is 36.2 Å². The smallest absolute Gasteiger partial charge is 0.404 e. The van der Waals surface area contributed by atoms with Gasteiger partial charge in [-0.3, -0.25) is 0 Å². The maximum absolute atomic E-state index is 12.7. The molecule has 0 fully saturated rings. The number of para-hydroxylation sites is 1. The molecular weight excluding hydrogens is 225 g/mol. The molecule has 1 atom stereocenters. The van der Waals surface area contributed by atoms with Crippen LogP contribution < -0.4 is 10.1 Å². The predicted molar refractivity (Wildman–Crippen MR) is 59.8 cm³/mol. The van der Waals surface area contributed by atoms with Crippen molar-refractivity contribution in [1.82, 2.24) is 5.32 Å². The minimum atomic E-state index is -1.18. The lowest BCUT2D eigenvalue weighted by molar-refractivity contribution is 0.194. The Kier molecular flexibility index (Phi) is 3.27. The van der Waals surface area contributed by atoms with Crippen molar-refractivity contribution < 1.29 is 19.0 Å². The van der Waals surface area contributed by atoms with Crippen LogP contribution in [0.3, 0.4) is 0 Å². The molecule has 0 aliphatic carbocycles. The highest BCUT2D eigenvalue weighted by atomic mass is 19.1. The molecule has 1 aliphatic rings. The summed E-state index contributed by atoms with van der Waals surface area (Å²) in [5.41, 5.74) is 1.30. The Morgan fingerprint density at radius 3 is 3.00 bits per heavy atom. The van der Waals surface area contributed by atoms with E-state index in [0.29, 0.717) is 18.3 Å². The van der Waals surface area contributed by atoms with Gasteiger partial charge in [0.2, 0.25) is 0 Å². The van der Waals surface area contributed by atoms with Crippen molar-refractivity contribution in [3.05, 3.63) is 41.7 Å². The topological polar surface area (TPSA) is 58.6 Å². The van der Waals surface area contributed by atoms with Gasteiger partial charge in [-0.25, -0.2) is 9.18 Å². The van der Waals surface area contributed by atoms with Gasteiger partial charge in [-0.1, -0.05) is 18.2 Å². The van der Waals surface area contributed by atoms with Crippen LogP contribution in [0.4, 0.5) is 9.18 Å². The molecule has 1 aromatic rings. The van der Waals surface area contributed by atoms with Crippen LogP contribution in [0.2, 0.25) is 0 Å². The summed E-state index contributed by atoms with van der Waals surface area (Å²) in [6.07, 6.45) is -0.635. The van der Waals surface area contributed by atoms with Crippen LogP contribution in [0.25, 0.3) is 0 Å². The van der Waals surface area contributed by atoms with Crippen molar-refractivity contribution in [3.63, 3.8) is 0 Å². The molecule has 2 rings (SSSR count). The van der Waals surface area contributed by atoms with Gasteiger partial charge in [0.25, 0.3) is 0 Å². The second kappa shape index (κ2) is 4.86. The molecule has 2 N–H and O–H groups in total. The van der Waals surface area contributed by atoms with Gasteiger partial charge in [0, 0.05) is 18.5 Å². The van der Waals surface area contributed by atoms with E-state index in [-0.39, 0.29) is 6.54 Å². The summed E-state index contributed by atoms with van der Waals surface area (Å²) in [4.78, 5) is 10.4. The fraction of sp³-hybridized carbons (Fsp3) is 0.250. The number of halogens is 1. The fourth-order valence-electron chi connectivity index (χ4n) is 1.79. The van der Waals surface area contributed by atoms with Gasteiger partial charge in [-0.2, -0.15) is 0 Å². The average Bonchev–Trinajstić information content (AvgIpc) is 2.72. The van der Waals surface area contributed by atoms with E-state index >= 15 is 0 Å². The average molecular weight is 237 g/mol. The van der Waals surface area contributed by atoms with E-state index < -0.39 is 12.2 Å². The number of hydrogen-bond donors (Lipinski definition) is 2. The molecule has 1 heterocycles. The number of ether oxygens (including phenoxy) is 1. The molecule has 0 saturated carbocycles. The van der Waals surface area contributed by atoms with Crippen molar-refractivity contribution in [2.45, 2.75) is 12.5 Å². The van der Waals surface area contributed by atoms with E-state index in [1.54, 1.807) is 0 Å². The molecule has 0 saturated heterocycles. The van der Waals surface area contributed by atoms with Crippen molar-refractivity contribution >= 4 is 6.09 Å². The molecule has 0 bridgehead atoms. The van der Waals surface area contributed by atoms with Gasteiger partial charge in [0.15, 0.2) is 0 Å². The molecule has 0 radical (unpaired) electrons. The predicted octanol–water partition coefficient (Wildman–Crippen LogP) is 2.11. The number of nitrogens with one attached hydrogen (secondary N) is 1. The zero-order chi connectivity index (χ0) is 12.3. The molecule has 1 amide bonds. The lowest BCUT2D eigenvalue weighted by atomic mass is 10.1. The number of fused-ring (bicyclic) bond motifs is 1. The van der Waals surface area contributed by atoms with Crippen molar-refractivity contribution in [3.8, 4) is 5.75 Å². The van der Waals surface area contributed by atoms with Crippen molar-refractivity contribution in [2.75, 3.05) is 6.54 Å². The molecule has 1 aromatic carbocycles. The largest absolute Gasteiger partial charge is 0.485 e. The highest BCUT2D eigenvalue weighted by Gasteiger charge is 2.26. The minimum absolute atomic E-state index is 0.0650. The number of benzene rings is 1. The molecular formula is C12H12FNO3. The molecule has 0 spiro atoms. The zero-order valence-corrected chi connectivity index (χ0v) is 9.02. The third kappa shape index (κ3) is 2.55. The highest BCUT2D eigenvalue weighted by molar-refractivity contribution is 5.64. The first kappa shape index (κ1) is 11.4. The van der Waals surface area contributed by atoms with E-state index in [4.69, 9.17) is 9.84 Å². The van der Waals surface area contributed by atoms with Crippen LogP contribution in [0, 0.1) is 0 Å². The molecule has 0 aromatic heterocycles. The van der Waals surface area contributed by atoms with Crippen LogP contribution in [-0.4, -0.2) is 23.8 Å². The summed E-state index contributed by atoms with van der Waals surface area (Å²) < 4.78 is 18.3. The van der Waals surface area contributed by atoms with E-state index in [1.807, 2.05) is 24.3 Å². The normalized spacial score (nSPS) is 18.4. The monoisotopic (exact) mass is 237 g/mol. The Morgan fingerprint density at radius 2 is 2.35 bits per heavy atom. The minimum Gasteiger partial charge on any atom is -0.485 e. The zero-order valence-electron chi connectivity index (χ0n) is 9.02. The number of carbonyl (C=O) groups is 1. The molecule has 4 nitrogen and oxygen atoms in total. The first-order valence-corrected chi connectivity index (χ1v) is 5.21. The molecule has 5 heteroatoms. The van der Waals surface area contributed by atoms with Crippen molar-refractivity contribution in [2.24, 2.45) is 0 Å². The lowest BCUT2D eigenvalue weighted by Gasteiger charge is -2.13. The SMILES string of the molecule is O=C(O)NC/C(=C/F)C1Cc2ccccc2O1. The van der Waals surface area contributed by atoms with E-state index in [1.165, 1.54) is 0 Å². The van der Waals surface area contributed by atoms with E-state index in [9.17, 15) is 9.18 Å². The van der Waals surface area contributed by atoms with Gasteiger partial charge in [-0.05, 0) is 11.6 Å². The van der Waals surface area contributed by atoms with E-state index in [0.717, 1.165) is 11.3 Å². The second-order valence-electron chi connectivity index (χ2n) is 3.76. The maximum atomic E-state index is 12.7. The lowest BCUT2D eigenvalue weighted by Crippen LogP contribution is -2.29. The Morgan fingerprint density at radius 1 is 1.59 bits per heavy atom. The molecule has 1 aliphatic heterocycles. The molecule has 90 valence electrons. The van der Waals surface area contributed by atoms with Crippen LogP contribution in [0.1, 0.15) is 5.56 Å². The number of amides is 1. The standard InChI is InChI=1S/C12H12FNO3/c13-6-9(7-14-12(15)16)11-5-8-3-1-2-4-10(8)17-11/h1-4,6,11,14H,5,7H2,(H,15,16)/b9-6-. The fourth-order valence-corrected chi connectivity index (χ4v) is 1.79. The maximum Gasteiger partial charge on any atom is 0.404 e. The Bertz CT molecular complexity index is 434. The third-order valence-electron chi connectivity index (χ3n) is 2.64. The third-order valence-corrected chi connectivity index (χ3v) is 2.64. The van der Waals surface area contributed by atoms with Crippen LogP contribution >= 0.6 is 0 Å². The molecule has 17 heavy (non-hydrogen) atoms. The van der Waals surface area contributed by atoms with Gasteiger partial charge < -0.3 is 15.2 Å². The number of hydrogen-bond acceptors (Lipinski definition) is 2. The summed E-state index contributed by atoms with van der Waals surface area (Å²) in [7, 11) is 0. The van der Waals surface area contributed by atoms with Crippen LogP contribution in [-0.2, 0) is 6.42 Å². The summed E-state index contributed by atoms with van der Waals surface area (Å²) in [6.45, 7) is -0.0650.